The molecule has 1 aliphatic carbocycles. The standard InChI is InChI=1S/C29H47N7S/c1-4-34(5-2)15-13-31-29(37)32-25-10-11-27-26(21-25)22(3)20-28(33-27)36-18-16-35(17-19-36)14-12-23-6-8-24(30)9-7-23/h10-11,20-21,23-24H,4-9,12-19,30H2,1-3H3,(H2,31,32,37). The van der Waals surface area contributed by atoms with Gasteiger partial charge in [-0.3, -0.25) is 4.90 Å². The summed E-state index contributed by atoms with van der Waals surface area (Å²) in [6, 6.07) is 9.04. The highest BCUT2D eigenvalue weighted by molar-refractivity contribution is 7.80. The van der Waals surface area contributed by atoms with Gasteiger partial charge in [0.2, 0.25) is 0 Å². The van der Waals surface area contributed by atoms with E-state index in [1.54, 1.807) is 0 Å². The first-order valence-corrected chi connectivity index (χ1v) is 14.8. The van der Waals surface area contributed by atoms with E-state index in [2.05, 4.69) is 70.4 Å². The van der Waals surface area contributed by atoms with Crippen molar-refractivity contribution < 1.29 is 0 Å². The monoisotopic (exact) mass is 525 g/mol. The maximum atomic E-state index is 6.08. The molecule has 8 heteroatoms. The second-order valence-corrected chi connectivity index (χ2v) is 11.2. The van der Waals surface area contributed by atoms with E-state index >= 15 is 0 Å². The van der Waals surface area contributed by atoms with Crippen molar-refractivity contribution in [3.05, 3.63) is 29.8 Å². The van der Waals surface area contributed by atoms with Gasteiger partial charge < -0.3 is 26.2 Å². The van der Waals surface area contributed by atoms with Crippen LogP contribution < -0.4 is 21.3 Å². The van der Waals surface area contributed by atoms with Crippen LogP contribution in [-0.4, -0.2) is 84.8 Å². The molecule has 0 bridgehead atoms. The van der Waals surface area contributed by atoms with E-state index < -0.39 is 0 Å². The minimum atomic E-state index is 0.447. The van der Waals surface area contributed by atoms with Gasteiger partial charge in [-0.1, -0.05) is 13.8 Å². The lowest BCUT2D eigenvalue weighted by Gasteiger charge is -2.36. The maximum absolute atomic E-state index is 6.08. The zero-order valence-corrected chi connectivity index (χ0v) is 24.0. The van der Waals surface area contributed by atoms with Crippen LogP contribution in [0.5, 0.6) is 0 Å². The summed E-state index contributed by atoms with van der Waals surface area (Å²) < 4.78 is 0. The third kappa shape index (κ3) is 7.99. The predicted octanol–water partition coefficient (Wildman–Crippen LogP) is 4.20. The predicted molar refractivity (Wildman–Crippen MR) is 162 cm³/mol. The van der Waals surface area contributed by atoms with Gasteiger partial charge in [0.05, 0.1) is 5.52 Å². The van der Waals surface area contributed by atoms with Crippen molar-refractivity contribution in [3.8, 4) is 0 Å². The second-order valence-electron chi connectivity index (χ2n) is 10.8. The van der Waals surface area contributed by atoms with E-state index in [-0.39, 0.29) is 0 Å². The van der Waals surface area contributed by atoms with Crippen LogP contribution in [0, 0.1) is 12.8 Å². The Morgan fingerprint density at radius 3 is 2.51 bits per heavy atom. The van der Waals surface area contributed by atoms with Crippen molar-refractivity contribution in [1.82, 2.24) is 20.1 Å². The highest BCUT2D eigenvalue weighted by atomic mass is 32.1. The van der Waals surface area contributed by atoms with Gasteiger partial charge in [0, 0.05) is 56.4 Å². The zero-order valence-electron chi connectivity index (χ0n) is 23.1. The molecule has 204 valence electrons. The van der Waals surface area contributed by atoms with Crippen molar-refractivity contribution >= 4 is 39.7 Å². The molecular formula is C29H47N7S. The largest absolute Gasteiger partial charge is 0.361 e. The van der Waals surface area contributed by atoms with Gasteiger partial charge in [-0.15, -0.1) is 0 Å². The number of thiocarbonyl (C=S) groups is 1. The minimum absolute atomic E-state index is 0.447. The summed E-state index contributed by atoms with van der Waals surface area (Å²) in [6.45, 7) is 16.0. The number of likely N-dealkylation sites (N-methyl/N-ethyl adjacent to an activating group) is 1. The van der Waals surface area contributed by atoms with Gasteiger partial charge >= 0.3 is 0 Å². The fourth-order valence-corrected chi connectivity index (χ4v) is 5.92. The van der Waals surface area contributed by atoms with Gasteiger partial charge in [0.1, 0.15) is 5.82 Å². The lowest BCUT2D eigenvalue weighted by molar-refractivity contribution is 0.216. The lowest BCUT2D eigenvalue weighted by Crippen LogP contribution is -2.47. The molecule has 0 amide bonds. The zero-order chi connectivity index (χ0) is 26.2. The van der Waals surface area contributed by atoms with E-state index in [0.717, 1.165) is 75.3 Å². The molecule has 2 aliphatic rings. The van der Waals surface area contributed by atoms with Crippen molar-refractivity contribution in [2.24, 2.45) is 11.7 Å². The second kappa shape index (κ2) is 13.7. The van der Waals surface area contributed by atoms with E-state index in [9.17, 15) is 0 Å². The van der Waals surface area contributed by atoms with Gasteiger partial charge in [0.25, 0.3) is 0 Å². The number of nitrogens with two attached hydrogens (primary N) is 1. The lowest BCUT2D eigenvalue weighted by atomic mass is 9.84. The number of pyridine rings is 1. The molecule has 1 aliphatic heterocycles. The molecule has 1 aromatic heterocycles. The molecule has 0 radical (unpaired) electrons. The molecule has 37 heavy (non-hydrogen) atoms. The van der Waals surface area contributed by atoms with Crippen molar-refractivity contribution in [2.75, 3.05) is 69.1 Å². The molecule has 1 saturated carbocycles. The van der Waals surface area contributed by atoms with Crippen LogP contribution in [0.2, 0.25) is 0 Å². The summed E-state index contributed by atoms with van der Waals surface area (Å²) in [5.74, 6) is 1.97. The molecule has 2 fully saturated rings. The molecule has 0 atom stereocenters. The van der Waals surface area contributed by atoms with Crippen LogP contribution in [0.3, 0.4) is 0 Å². The van der Waals surface area contributed by atoms with Crippen molar-refractivity contribution in [2.45, 2.75) is 58.9 Å². The topological polar surface area (TPSA) is 72.7 Å². The Bertz CT molecular complexity index is 1010. The number of nitrogens with one attached hydrogen (secondary N) is 2. The number of benzene rings is 1. The fraction of sp³-hybridized carbons (Fsp3) is 0.655. The number of hydrogen-bond donors (Lipinski definition) is 3. The number of rotatable bonds is 10. The summed E-state index contributed by atoms with van der Waals surface area (Å²) >= 11 is 5.52. The van der Waals surface area contributed by atoms with E-state index in [1.807, 2.05) is 0 Å². The Balaban J connectivity index is 1.28. The van der Waals surface area contributed by atoms with Crippen LogP contribution in [0.1, 0.15) is 51.5 Å². The van der Waals surface area contributed by atoms with Crippen molar-refractivity contribution in [1.29, 1.82) is 0 Å². The number of aryl methyl sites for hydroxylation is 1. The number of aromatic nitrogens is 1. The van der Waals surface area contributed by atoms with Gasteiger partial charge in [-0.25, -0.2) is 4.98 Å². The molecule has 1 aromatic carbocycles. The third-order valence-corrected chi connectivity index (χ3v) is 8.56. The quantitative estimate of drug-likeness (QED) is 0.399. The van der Waals surface area contributed by atoms with E-state index in [0.29, 0.717) is 11.2 Å². The molecule has 0 unspecified atom stereocenters. The highest BCUT2D eigenvalue weighted by Crippen LogP contribution is 2.28. The van der Waals surface area contributed by atoms with Crippen LogP contribution in [0.25, 0.3) is 10.9 Å². The molecule has 4 rings (SSSR count). The fourth-order valence-electron chi connectivity index (χ4n) is 5.70. The number of anilines is 2. The Kier molecular flexibility index (Phi) is 10.4. The maximum Gasteiger partial charge on any atom is 0.170 e. The molecule has 2 aromatic rings. The van der Waals surface area contributed by atoms with Gasteiger partial charge in [-0.2, -0.15) is 0 Å². The molecular weight excluding hydrogens is 478 g/mol. The summed E-state index contributed by atoms with van der Waals surface area (Å²) in [5, 5.41) is 8.51. The Hall–Kier alpha value is -2.00. The Morgan fingerprint density at radius 2 is 1.81 bits per heavy atom. The first kappa shape index (κ1) is 28.0. The summed E-state index contributed by atoms with van der Waals surface area (Å²) in [5.41, 5.74) is 9.37. The summed E-state index contributed by atoms with van der Waals surface area (Å²) in [4.78, 5) is 12.5. The average Bonchev–Trinajstić information content (AvgIpc) is 2.91. The average molecular weight is 526 g/mol. The van der Waals surface area contributed by atoms with Crippen LogP contribution in [0.15, 0.2) is 24.3 Å². The Labute approximate surface area is 229 Å². The Morgan fingerprint density at radius 1 is 1.08 bits per heavy atom. The first-order valence-electron chi connectivity index (χ1n) is 14.4. The number of fused-ring (bicyclic) bond motifs is 1. The molecule has 4 N–H and O–H groups in total. The summed E-state index contributed by atoms with van der Waals surface area (Å²) in [6.07, 6.45) is 6.38. The molecule has 1 saturated heterocycles. The van der Waals surface area contributed by atoms with Gasteiger partial charge in [-0.05, 0) is 107 Å². The minimum Gasteiger partial charge on any atom is -0.361 e. The van der Waals surface area contributed by atoms with E-state index in [1.165, 1.54) is 49.6 Å². The number of nitrogens with zero attached hydrogens (tertiary/aromatic N) is 4. The summed E-state index contributed by atoms with van der Waals surface area (Å²) in [7, 11) is 0. The third-order valence-electron chi connectivity index (χ3n) is 8.31. The van der Waals surface area contributed by atoms with E-state index in [4.69, 9.17) is 22.9 Å². The number of hydrogen-bond acceptors (Lipinski definition) is 6. The first-order chi connectivity index (χ1) is 17.9. The number of piperazine rings is 1. The molecule has 2 heterocycles. The molecule has 7 nitrogen and oxygen atoms in total. The molecule has 0 spiro atoms. The van der Waals surface area contributed by atoms with Crippen molar-refractivity contribution in [3.63, 3.8) is 0 Å². The van der Waals surface area contributed by atoms with Crippen LogP contribution in [0.4, 0.5) is 11.5 Å². The normalized spacial score (nSPS) is 20.9. The van der Waals surface area contributed by atoms with Crippen LogP contribution in [-0.2, 0) is 0 Å². The smallest absolute Gasteiger partial charge is 0.170 e. The van der Waals surface area contributed by atoms with Crippen LogP contribution >= 0.6 is 12.2 Å². The highest BCUT2D eigenvalue weighted by Gasteiger charge is 2.22. The van der Waals surface area contributed by atoms with Gasteiger partial charge in [0.15, 0.2) is 5.11 Å². The SMILES string of the molecule is CCN(CC)CCNC(=S)Nc1ccc2nc(N3CCN(CCC4CCC(N)CC4)CC3)cc(C)c2c1.